The summed E-state index contributed by atoms with van der Waals surface area (Å²) in [5, 5.41) is 19.3. The first-order valence-corrected chi connectivity index (χ1v) is 4.94. The Hall–Kier alpha value is -1.92. The van der Waals surface area contributed by atoms with Crippen LogP contribution in [0.3, 0.4) is 0 Å². The quantitative estimate of drug-likeness (QED) is 0.413. The van der Waals surface area contributed by atoms with Crippen LogP contribution in [-0.4, -0.2) is 34.4 Å². The van der Waals surface area contributed by atoms with Crippen molar-refractivity contribution in [3.8, 4) is 0 Å². The molecule has 1 aliphatic heterocycles. The van der Waals surface area contributed by atoms with Crippen molar-refractivity contribution < 1.29 is 24.6 Å². The fourth-order valence-electron chi connectivity index (χ4n) is 1.87. The number of carbonyl (C=O) groups is 2. The molecule has 2 unspecified atom stereocenters. The number of aliphatic hydroxyl groups excluding tert-OH is 1. The van der Waals surface area contributed by atoms with E-state index in [1.807, 2.05) is 0 Å². The zero-order chi connectivity index (χ0) is 12.6. The molecule has 2 atom stereocenters. The second-order valence-corrected chi connectivity index (χ2v) is 3.64. The van der Waals surface area contributed by atoms with Crippen molar-refractivity contribution in [3.63, 3.8) is 0 Å². The summed E-state index contributed by atoms with van der Waals surface area (Å²) in [7, 11) is 1.16. The van der Waals surface area contributed by atoms with E-state index >= 15 is 0 Å². The Morgan fingerprint density at radius 2 is 1.94 bits per heavy atom. The van der Waals surface area contributed by atoms with Gasteiger partial charge in [0, 0.05) is 5.56 Å². The Balaban J connectivity index is 2.57. The summed E-state index contributed by atoms with van der Waals surface area (Å²) in [5.74, 6) is -2.90. The maximum absolute atomic E-state index is 11.7. The molecule has 1 amide bonds. The van der Waals surface area contributed by atoms with Gasteiger partial charge in [-0.1, -0.05) is 24.3 Å². The lowest BCUT2D eigenvalue weighted by Crippen LogP contribution is -2.43. The summed E-state index contributed by atoms with van der Waals surface area (Å²) in [6.45, 7) is 0. The van der Waals surface area contributed by atoms with Crippen LogP contribution in [0.5, 0.6) is 0 Å². The number of methoxy groups -OCH3 is 1. The van der Waals surface area contributed by atoms with Gasteiger partial charge in [0.2, 0.25) is 0 Å². The van der Waals surface area contributed by atoms with Gasteiger partial charge in [-0.05, 0) is 5.56 Å². The molecule has 0 aromatic heterocycles. The van der Waals surface area contributed by atoms with Crippen LogP contribution >= 0.6 is 0 Å². The number of hydroxylamine groups is 2. The van der Waals surface area contributed by atoms with Gasteiger partial charge < -0.3 is 9.84 Å². The predicted octanol–water partition coefficient (Wildman–Crippen LogP) is 0.165. The Bertz CT molecular complexity index is 473. The molecule has 1 aromatic carbocycles. The molecule has 6 heteroatoms. The third-order valence-corrected chi connectivity index (χ3v) is 2.73. The summed E-state index contributed by atoms with van der Waals surface area (Å²) >= 11 is 0. The van der Waals surface area contributed by atoms with Crippen LogP contribution in [-0.2, 0) is 14.3 Å². The molecule has 0 saturated heterocycles. The number of benzene rings is 1. The van der Waals surface area contributed by atoms with E-state index in [0.29, 0.717) is 11.1 Å². The molecular weight excluding hydrogens is 226 g/mol. The van der Waals surface area contributed by atoms with Gasteiger partial charge in [0.25, 0.3) is 5.91 Å². The van der Waals surface area contributed by atoms with Gasteiger partial charge in [-0.25, -0.2) is 0 Å². The first-order chi connectivity index (χ1) is 8.07. The fraction of sp³-hybridized carbons (Fsp3) is 0.273. The molecule has 0 aliphatic carbocycles. The monoisotopic (exact) mass is 237 g/mol. The molecule has 6 nitrogen and oxygen atoms in total. The molecule has 2 rings (SSSR count). The minimum Gasteiger partial charge on any atom is -0.468 e. The normalized spacial score (nSPS) is 23.2. The molecule has 2 N–H and O–H groups in total. The van der Waals surface area contributed by atoms with Crippen LogP contribution in [0.25, 0.3) is 0 Å². The van der Waals surface area contributed by atoms with E-state index in [-0.39, 0.29) is 5.06 Å². The van der Waals surface area contributed by atoms with Crippen LogP contribution in [0, 0.1) is 0 Å². The first-order valence-electron chi connectivity index (χ1n) is 4.94. The molecule has 0 saturated carbocycles. The van der Waals surface area contributed by atoms with Gasteiger partial charge in [0.05, 0.1) is 7.11 Å². The highest BCUT2D eigenvalue weighted by atomic mass is 16.6. The number of fused-ring (bicyclic) bond motifs is 1. The first kappa shape index (κ1) is 11.6. The third-order valence-electron chi connectivity index (χ3n) is 2.73. The van der Waals surface area contributed by atoms with Crippen molar-refractivity contribution >= 4 is 11.9 Å². The Morgan fingerprint density at radius 3 is 2.53 bits per heavy atom. The van der Waals surface area contributed by atoms with Crippen molar-refractivity contribution in [1.29, 1.82) is 0 Å². The molecule has 0 radical (unpaired) electrons. The zero-order valence-corrected chi connectivity index (χ0v) is 9.03. The lowest BCUT2D eigenvalue weighted by Gasteiger charge is -2.32. The number of hydrogen-bond donors (Lipinski definition) is 2. The largest absolute Gasteiger partial charge is 0.468 e. The zero-order valence-electron chi connectivity index (χ0n) is 9.03. The standard InChI is InChI=1S/C11H11NO5/c1-17-11(15)8-6-4-2-3-5-7(6)9(13)12(16)10(8)14/h2-5,8-9,13,16H,1H3. The van der Waals surface area contributed by atoms with Gasteiger partial charge in [-0.3, -0.25) is 14.8 Å². The fourth-order valence-corrected chi connectivity index (χ4v) is 1.87. The summed E-state index contributed by atoms with van der Waals surface area (Å²) in [6.07, 6.45) is -1.46. The summed E-state index contributed by atoms with van der Waals surface area (Å²) in [6, 6.07) is 6.36. The molecule has 0 spiro atoms. The lowest BCUT2D eigenvalue weighted by molar-refractivity contribution is -0.214. The van der Waals surface area contributed by atoms with Gasteiger partial charge in [0.1, 0.15) is 0 Å². The Kier molecular flexibility index (Phi) is 2.83. The second-order valence-electron chi connectivity index (χ2n) is 3.64. The van der Waals surface area contributed by atoms with Crippen molar-refractivity contribution in [2.75, 3.05) is 7.11 Å². The second kappa shape index (κ2) is 4.15. The van der Waals surface area contributed by atoms with E-state index in [0.717, 1.165) is 7.11 Å². The van der Waals surface area contributed by atoms with Gasteiger partial charge in [-0.2, -0.15) is 5.06 Å². The van der Waals surface area contributed by atoms with Crippen molar-refractivity contribution in [2.45, 2.75) is 12.1 Å². The highest BCUT2D eigenvalue weighted by Crippen LogP contribution is 2.34. The minimum atomic E-state index is -1.46. The number of hydrogen-bond acceptors (Lipinski definition) is 5. The number of esters is 1. The Labute approximate surface area is 97.0 Å². The van der Waals surface area contributed by atoms with E-state index in [1.54, 1.807) is 18.2 Å². The predicted molar refractivity (Wildman–Crippen MR) is 54.8 cm³/mol. The van der Waals surface area contributed by atoms with E-state index in [1.165, 1.54) is 6.07 Å². The molecule has 17 heavy (non-hydrogen) atoms. The maximum atomic E-state index is 11.7. The molecule has 90 valence electrons. The molecule has 1 aliphatic rings. The number of nitrogens with zero attached hydrogens (tertiary/aromatic N) is 1. The van der Waals surface area contributed by atoms with Crippen LogP contribution in [0.4, 0.5) is 0 Å². The Morgan fingerprint density at radius 1 is 1.35 bits per heavy atom. The average molecular weight is 237 g/mol. The number of carbonyl (C=O) groups excluding carboxylic acids is 2. The third kappa shape index (κ3) is 1.67. The topological polar surface area (TPSA) is 87.1 Å². The van der Waals surface area contributed by atoms with Crippen molar-refractivity contribution in [2.24, 2.45) is 0 Å². The van der Waals surface area contributed by atoms with Crippen molar-refractivity contribution in [1.82, 2.24) is 5.06 Å². The van der Waals surface area contributed by atoms with Crippen LogP contribution in [0.15, 0.2) is 24.3 Å². The van der Waals surface area contributed by atoms with Gasteiger partial charge >= 0.3 is 5.97 Å². The number of amides is 1. The molecule has 1 heterocycles. The molecular formula is C11H11NO5. The number of rotatable bonds is 1. The van der Waals surface area contributed by atoms with Crippen LogP contribution in [0.1, 0.15) is 23.3 Å². The van der Waals surface area contributed by atoms with Gasteiger partial charge in [-0.15, -0.1) is 0 Å². The smallest absolute Gasteiger partial charge is 0.322 e. The molecule has 0 bridgehead atoms. The van der Waals surface area contributed by atoms with Crippen LogP contribution < -0.4 is 0 Å². The summed E-state index contributed by atoms with van der Waals surface area (Å²) in [5.41, 5.74) is 0.659. The SMILES string of the molecule is COC(=O)C1C(=O)N(O)C(O)c2ccccc21. The highest BCUT2D eigenvalue weighted by molar-refractivity contribution is 6.04. The molecule has 0 fully saturated rings. The van der Waals surface area contributed by atoms with E-state index in [4.69, 9.17) is 0 Å². The van der Waals surface area contributed by atoms with E-state index in [2.05, 4.69) is 4.74 Å². The number of aliphatic hydroxyl groups is 1. The summed E-state index contributed by atoms with van der Waals surface area (Å²) < 4.78 is 4.52. The minimum absolute atomic E-state index is 0.143. The molecule has 1 aromatic rings. The lowest BCUT2D eigenvalue weighted by atomic mass is 9.89. The average Bonchev–Trinajstić information content (AvgIpc) is 2.36. The van der Waals surface area contributed by atoms with Crippen molar-refractivity contribution in [3.05, 3.63) is 35.4 Å². The summed E-state index contributed by atoms with van der Waals surface area (Å²) in [4.78, 5) is 23.2. The van der Waals surface area contributed by atoms with Gasteiger partial charge in [0.15, 0.2) is 12.1 Å². The van der Waals surface area contributed by atoms with Crippen LogP contribution in [0.2, 0.25) is 0 Å². The maximum Gasteiger partial charge on any atom is 0.322 e. The highest BCUT2D eigenvalue weighted by Gasteiger charge is 2.42. The van der Waals surface area contributed by atoms with E-state index in [9.17, 15) is 19.9 Å². The number of ether oxygens (including phenoxy) is 1. The van der Waals surface area contributed by atoms with E-state index < -0.39 is 24.0 Å².